The average molecular weight is 312 g/mol. The van der Waals surface area contributed by atoms with Crippen LogP contribution in [0.5, 0.6) is 5.75 Å². The highest BCUT2D eigenvalue weighted by Gasteiger charge is 2.07. The Balaban J connectivity index is 2.16. The third-order valence-corrected chi connectivity index (χ3v) is 4.67. The van der Waals surface area contributed by atoms with Crippen molar-refractivity contribution in [3.63, 3.8) is 0 Å². The Bertz CT molecular complexity index is 591. The van der Waals surface area contributed by atoms with Crippen molar-refractivity contribution in [3.8, 4) is 5.75 Å². The van der Waals surface area contributed by atoms with E-state index in [1.54, 1.807) is 18.9 Å². The second-order valence-electron chi connectivity index (χ2n) is 4.80. The fourth-order valence-electron chi connectivity index (χ4n) is 1.82. The van der Waals surface area contributed by atoms with Gasteiger partial charge in [0.25, 0.3) is 0 Å². The molecule has 0 spiro atoms. The van der Waals surface area contributed by atoms with E-state index in [2.05, 4.69) is 11.1 Å². The molecule has 0 aliphatic carbocycles. The number of pyridine rings is 1. The van der Waals surface area contributed by atoms with Crippen molar-refractivity contribution in [1.82, 2.24) is 4.98 Å². The minimum atomic E-state index is 0.219. The van der Waals surface area contributed by atoms with Crippen LogP contribution in [-0.2, 0) is 5.75 Å². The molecule has 2 rings (SSSR count). The molecule has 1 aromatic heterocycles. The molecule has 1 N–H and O–H groups in total. The number of aromatic nitrogens is 1. The topological polar surface area (TPSA) is 42.4 Å². The van der Waals surface area contributed by atoms with Crippen molar-refractivity contribution in [2.24, 2.45) is 5.92 Å². The molecule has 0 radical (unpaired) electrons. The van der Waals surface area contributed by atoms with Gasteiger partial charge in [-0.15, -0.1) is 0 Å². The van der Waals surface area contributed by atoms with Crippen LogP contribution in [0, 0.1) is 5.92 Å². The Hall–Kier alpha value is -0.970. The first-order valence-electron chi connectivity index (χ1n) is 6.45. The van der Waals surface area contributed by atoms with Gasteiger partial charge in [-0.2, -0.15) is 11.8 Å². The number of rotatable bonds is 6. The van der Waals surface area contributed by atoms with Crippen LogP contribution in [0.2, 0.25) is 5.15 Å². The second-order valence-corrected chi connectivity index (χ2v) is 6.19. The molecule has 1 aromatic carbocycles. The largest absolute Gasteiger partial charge is 0.497 e. The maximum Gasteiger partial charge on any atom is 0.133 e. The zero-order chi connectivity index (χ0) is 14.5. The van der Waals surface area contributed by atoms with E-state index in [-0.39, 0.29) is 6.61 Å². The molecule has 0 amide bonds. The zero-order valence-corrected chi connectivity index (χ0v) is 13.2. The summed E-state index contributed by atoms with van der Waals surface area (Å²) in [6, 6.07) is 7.86. The molecule has 2 aromatic rings. The summed E-state index contributed by atoms with van der Waals surface area (Å²) in [5.41, 5.74) is 1.87. The summed E-state index contributed by atoms with van der Waals surface area (Å²) in [7, 11) is 1.64. The summed E-state index contributed by atoms with van der Waals surface area (Å²) in [6.07, 6.45) is 0. The quantitative estimate of drug-likeness (QED) is 0.825. The van der Waals surface area contributed by atoms with Crippen molar-refractivity contribution in [2.45, 2.75) is 12.7 Å². The molecule has 1 atom stereocenters. The van der Waals surface area contributed by atoms with Gasteiger partial charge in [-0.3, -0.25) is 0 Å². The highest BCUT2D eigenvalue weighted by Crippen LogP contribution is 2.27. The number of benzene rings is 1. The maximum atomic E-state index is 9.01. The van der Waals surface area contributed by atoms with Crippen molar-refractivity contribution >= 4 is 34.3 Å². The Labute approximate surface area is 128 Å². The van der Waals surface area contributed by atoms with Crippen molar-refractivity contribution in [1.29, 1.82) is 0 Å². The molecule has 3 nitrogen and oxygen atoms in total. The Morgan fingerprint density at radius 2 is 2.20 bits per heavy atom. The fraction of sp³-hybridized carbons (Fsp3) is 0.400. The van der Waals surface area contributed by atoms with E-state index >= 15 is 0 Å². The van der Waals surface area contributed by atoms with Gasteiger partial charge in [0.2, 0.25) is 0 Å². The zero-order valence-electron chi connectivity index (χ0n) is 11.6. The number of ether oxygens (including phenoxy) is 1. The highest BCUT2D eigenvalue weighted by molar-refractivity contribution is 7.98. The van der Waals surface area contributed by atoms with Crippen molar-refractivity contribution in [3.05, 3.63) is 35.0 Å². The summed E-state index contributed by atoms with van der Waals surface area (Å²) < 4.78 is 5.19. The Kier molecular flexibility index (Phi) is 5.52. The van der Waals surface area contributed by atoms with Crippen LogP contribution in [0.3, 0.4) is 0 Å². The summed E-state index contributed by atoms with van der Waals surface area (Å²) in [6.45, 7) is 2.25. The monoisotopic (exact) mass is 311 g/mol. The van der Waals surface area contributed by atoms with E-state index in [0.29, 0.717) is 11.1 Å². The third-order valence-electron chi connectivity index (χ3n) is 3.02. The van der Waals surface area contributed by atoms with E-state index in [9.17, 15) is 0 Å². The molecule has 0 fully saturated rings. The molecule has 0 saturated carbocycles. The smallest absolute Gasteiger partial charge is 0.133 e. The van der Waals surface area contributed by atoms with E-state index in [0.717, 1.165) is 33.7 Å². The van der Waals surface area contributed by atoms with Crippen LogP contribution in [-0.4, -0.2) is 29.6 Å². The minimum absolute atomic E-state index is 0.219. The molecule has 1 unspecified atom stereocenters. The minimum Gasteiger partial charge on any atom is -0.497 e. The first-order valence-corrected chi connectivity index (χ1v) is 7.99. The number of hydrogen-bond donors (Lipinski definition) is 1. The van der Waals surface area contributed by atoms with Crippen LogP contribution in [0.25, 0.3) is 10.9 Å². The standard InChI is InChI=1S/C15H18ClNO2S/c1-10(7-18)8-20-9-12-5-11-3-4-13(19-2)6-14(11)17-15(12)16/h3-6,10,18H,7-9H2,1-2H3. The van der Waals surface area contributed by atoms with Crippen LogP contribution in [0.4, 0.5) is 0 Å². The predicted molar refractivity (Wildman–Crippen MR) is 85.7 cm³/mol. The van der Waals surface area contributed by atoms with Crippen LogP contribution >= 0.6 is 23.4 Å². The van der Waals surface area contributed by atoms with Gasteiger partial charge in [-0.1, -0.05) is 18.5 Å². The molecule has 5 heteroatoms. The Morgan fingerprint density at radius 3 is 2.90 bits per heavy atom. The molecule has 0 saturated heterocycles. The summed E-state index contributed by atoms with van der Waals surface area (Å²) in [4.78, 5) is 4.42. The van der Waals surface area contributed by atoms with Crippen molar-refractivity contribution < 1.29 is 9.84 Å². The number of aliphatic hydroxyl groups is 1. The molecule has 108 valence electrons. The van der Waals surface area contributed by atoms with E-state index < -0.39 is 0 Å². The number of halogens is 1. The second kappa shape index (κ2) is 7.16. The lowest BCUT2D eigenvalue weighted by Gasteiger charge is -2.09. The normalized spacial score (nSPS) is 12.6. The highest BCUT2D eigenvalue weighted by atomic mass is 35.5. The van der Waals surface area contributed by atoms with Crippen molar-refractivity contribution in [2.75, 3.05) is 19.5 Å². The number of fused-ring (bicyclic) bond motifs is 1. The summed E-state index contributed by atoms with van der Waals surface area (Å²) in [5.74, 6) is 2.79. The lowest BCUT2D eigenvalue weighted by molar-refractivity contribution is 0.250. The van der Waals surface area contributed by atoms with Crippen LogP contribution < -0.4 is 4.74 Å². The predicted octanol–water partition coefficient (Wildman–Crippen LogP) is 3.76. The molecule has 1 heterocycles. The SMILES string of the molecule is COc1ccc2cc(CSCC(C)CO)c(Cl)nc2c1. The molecular formula is C15H18ClNO2S. The van der Waals surface area contributed by atoms with Crippen LogP contribution in [0.1, 0.15) is 12.5 Å². The van der Waals surface area contributed by atoms with Gasteiger partial charge in [0.15, 0.2) is 0 Å². The number of thioether (sulfide) groups is 1. The van der Waals surface area contributed by atoms with E-state index in [1.165, 1.54) is 0 Å². The van der Waals surface area contributed by atoms with Gasteiger partial charge in [-0.25, -0.2) is 4.98 Å². The van der Waals surface area contributed by atoms with Gasteiger partial charge in [0, 0.05) is 29.4 Å². The number of hydrogen-bond acceptors (Lipinski definition) is 4. The maximum absolute atomic E-state index is 9.01. The third kappa shape index (κ3) is 3.78. The van der Waals surface area contributed by atoms with Gasteiger partial charge >= 0.3 is 0 Å². The average Bonchev–Trinajstić information content (AvgIpc) is 2.46. The van der Waals surface area contributed by atoms with Gasteiger partial charge in [-0.05, 0) is 29.9 Å². The van der Waals surface area contributed by atoms with E-state index in [1.807, 2.05) is 25.1 Å². The molecular weight excluding hydrogens is 294 g/mol. The van der Waals surface area contributed by atoms with Gasteiger partial charge < -0.3 is 9.84 Å². The van der Waals surface area contributed by atoms with E-state index in [4.69, 9.17) is 21.4 Å². The first kappa shape index (κ1) is 15.4. The Morgan fingerprint density at radius 1 is 1.40 bits per heavy atom. The molecule has 20 heavy (non-hydrogen) atoms. The number of aliphatic hydroxyl groups excluding tert-OH is 1. The lowest BCUT2D eigenvalue weighted by Crippen LogP contribution is -2.03. The lowest BCUT2D eigenvalue weighted by atomic mass is 10.1. The molecule has 0 aliphatic heterocycles. The van der Waals surface area contributed by atoms with Crippen LogP contribution in [0.15, 0.2) is 24.3 Å². The first-order chi connectivity index (χ1) is 9.63. The number of methoxy groups -OCH3 is 1. The van der Waals surface area contributed by atoms with Gasteiger partial charge in [0.1, 0.15) is 10.9 Å². The van der Waals surface area contributed by atoms with Gasteiger partial charge in [0.05, 0.1) is 12.6 Å². The molecule has 0 aliphatic rings. The summed E-state index contributed by atoms with van der Waals surface area (Å²) >= 11 is 7.99. The fourth-order valence-corrected chi connectivity index (χ4v) is 3.18. The number of nitrogens with zero attached hydrogens (tertiary/aromatic N) is 1. The molecule has 0 bridgehead atoms. The summed E-state index contributed by atoms with van der Waals surface area (Å²) in [5, 5.41) is 10.6.